The Kier molecular flexibility index (Phi) is 3.36. The number of carbonyl (C=O) groups excluding carboxylic acids is 1. The Morgan fingerprint density at radius 2 is 2.12 bits per heavy atom. The lowest BCUT2D eigenvalue weighted by Gasteiger charge is -2.41. The lowest BCUT2D eigenvalue weighted by Crippen LogP contribution is -2.49. The number of nitrogens with two attached hydrogens (primary N) is 1. The number of benzene rings is 1. The van der Waals surface area contributed by atoms with E-state index < -0.39 is 11.1 Å². The molecule has 1 atom stereocenters. The molecule has 1 aromatic rings. The van der Waals surface area contributed by atoms with Crippen LogP contribution in [0.25, 0.3) is 5.76 Å². The number of allylic oxidation sites excluding steroid dienone is 1. The molecule has 25 heavy (non-hydrogen) atoms. The molecular weight excluding hydrogens is 318 g/mol. The zero-order valence-electron chi connectivity index (χ0n) is 14.8. The summed E-state index contributed by atoms with van der Waals surface area (Å²) in [6, 6.07) is 5.85. The summed E-state index contributed by atoms with van der Waals surface area (Å²) in [6.45, 7) is 4.65. The van der Waals surface area contributed by atoms with E-state index in [9.17, 15) is 4.79 Å². The van der Waals surface area contributed by atoms with Crippen LogP contribution < -0.4 is 10.5 Å². The van der Waals surface area contributed by atoms with E-state index in [0.717, 1.165) is 29.7 Å². The Morgan fingerprint density at radius 1 is 1.32 bits per heavy atom. The molecule has 0 aliphatic carbocycles. The number of fused-ring (bicyclic) bond motifs is 2. The Balaban J connectivity index is 1.89. The summed E-state index contributed by atoms with van der Waals surface area (Å²) in [5.74, 6) is 1.66. The Bertz CT molecular complexity index is 812. The number of carbonyl (C=O) groups is 1. The minimum atomic E-state index is -1.03. The molecule has 132 valence electrons. The second kappa shape index (κ2) is 5.25. The number of hydrogen-bond donors (Lipinski definition) is 1. The van der Waals surface area contributed by atoms with Crippen LogP contribution in [0.2, 0.25) is 0 Å². The number of rotatable bonds is 1. The number of amides is 1. The van der Waals surface area contributed by atoms with Gasteiger partial charge in [0.1, 0.15) is 17.1 Å². The van der Waals surface area contributed by atoms with Gasteiger partial charge in [-0.05, 0) is 51.0 Å². The fraction of sp³-hybridized carbons (Fsp3) is 0.474. The van der Waals surface area contributed by atoms with Crippen molar-refractivity contribution in [3.05, 3.63) is 35.4 Å². The van der Waals surface area contributed by atoms with Gasteiger partial charge in [-0.2, -0.15) is 0 Å². The summed E-state index contributed by atoms with van der Waals surface area (Å²) in [7, 11) is 1.66. The third-order valence-corrected chi connectivity index (χ3v) is 5.02. The molecule has 1 unspecified atom stereocenters. The predicted octanol–water partition coefficient (Wildman–Crippen LogP) is 2.38. The van der Waals surface area contributed by atoms with Crippen molar-refractivity contribution in [2.24, 2.45) is 10.7 Å². The standard InChI is InChI=1S/C19H23N3O3/c1-18(2)11-19(16(23)22(3)17(20)21-19)13-10-12(7-8-15(13)25-18)14-6-4-5-9-24-14/h6-8,10H,4-5,9,11H2,1-3H3,(H2,20,21). The second-order valence-corrected chi connectivity index (χ2v) is 7.50. The van der Waals surface area contributed by atoms with Crippen LogP contribution in [-0.2, 0) is 15.1 Å². The third-order valence-electron chi connectivity index (χ3n) is 5.02. The van der Waals surface area contributed by atoms with E-state index in [1.54, 1.807) is 7.05 Å². The first-order chi connectivity index (χ1) is 11.8. The van der Waals surface area contributed by atoms with Crippen LogP contribution in [-0.4, -0.2) is 36.0 Å². The number of aliphatic imine (C=N–C) groups is 1. The van der Waals surface area contributed by atoms with Gasteiger partial charge in [0.2, 0.25) is 0 Å². The van der Waals surface area contributed by atoms with Crippen molar-refractivity contribution in [1.82, 2.24) is 4.90 Å². The molecule has 0 saturated heterocycles. The Morgan fingerprint density at radius 3 is 2.76 bits per heavy atom. The molecule has 0 fully saturated rings. The molecule has 3 heterocycles. The summed E-state index contributed by atoms with van der Waals surface area (Å²) in [4.78, 5) is 19.1. The van der Waals surface area contributed by atoms with Crippen LogP contribution in [0.4, 0.5) is 0 Å². The average molecular weight is 341 g/mol. The largest absolute Gasteiger partial charge is 0.493 e. The van der Waals surface area contributed by atoms with E-state index in [1.807, 2.05) is 32.0 Å². The van der Waals surface area contributed by atoms with Gasteiger partial charge in [0.25, 0.3) is 5.91 Å². The second-order valence-electron chi connectivity index (χ2n) is 7.50. The van der Waals surface area contributed by atoms with Crippen LogP contribution in [0.3, 0.4) is 0 Å². The SMILES string of the molecule is CN1C(=O)C2(CC(C)(C)Oc3ccc(C4=CCCCO4)cc32)N=C1N. The van der Waals surface area contributed by atoms with E-state index in [0.29, 0.717) is 18.8 Å². The highest BCUT2D eigenvalue weighted by molar-refractivity contribution is 6.07. The average Bonchev–Trinajstić information content (AvgIpc) is 2.79. The molecule has 1 amide bonds. The molecule has 0 radical (unpaired) electrons. The monoisotopic (exact) mass is 341 g/mol. The molecule has 6 heteroatoms. The maximum Gasteiger partial charge on any atom is 0.261 e. The van der Waals surface area contributed by atoms with Crippen molar-refractivity contribution in [2.45, 2.75) is 44.2 Å². The van der Waals surface area contributed by atoms with Gasteiger partial charge in [0.05, 0.1) is 6.61 Å². The minimum Gasteiger partial charge on any atom is -0.493 e. The fourth-order valence-electron chi connectivity index (χ4n) is 3.89. The van der Waals surface area contributed by atoms with Gasteiger partial charge in [-0.15, -0.1) is 0 Å². The van der Waals surface area contributed by atoms with Gasteiger partial charge in [0.15, 0.2) is 11.5 Å². The lowest BCUT2D eigenvalue weighted by atomic mass is 9.77. The highest BCUT2D eigenvalue weighted by Crippen LogP contribution is 2.49. The maximum atomic E-state index is 13.1. The molecule has 3 aliphatic heterocycles. The zero-order chi connectivity index (χ0) is 17.8. The van der Waals surface area contributed by atoms with Gasteiger partial charge in [0, 0.05) is 24.6 Å². The van der Waals surface area contributed by atoms with Crippen molar-refractivity contribution >= 4 is 17.6 Å². The zero-order valence-corrected chi connectivity index (χ0v) is 14.8. The first-order valence-corrected chi connectivity index (χ1v) is 8.63. The Hall–Kier alpha value is -2.50. The van der Waals surface area contributed by atoms with Crippen molar-refractivity contribution in [1.29, 1.82) is 0 Å². The van der Waals surface area contributed by atoms with Crippen LogP contribution >= 0.6 is 0 Å². The summed E-state index contributed by atoms with van der Waals surface area (Å²) >= 11 is 0. The summed E-state index contributed by atoms with van der Waals surface area (Å²) < 4.78 is 11.9. The van der Waals surface area contributed by atoms with E-state index in [1.165, 1.54) is 4.90 Å². The summed E-state index contributed by atoms with van der Waals surface area (Å²) in [5.41, 5.74) is 6.14. The predicted molar refractivity (Wildman–Crippen MR) is 95.0 cm³/mol. The van der Waals surface area contributed by atoms with Crippen molar-refractivity contribution in [3.63, 3.8) is 0 Å². The lowest BCUT2D eigenvalue weighted by molar-refractivity contribution is -0.133. The third kappa shape index (κ3) is 2.39. The van der Waals surface area contributed by atoms with Crippen molar-refractivity contribution < 1.29 is 14.3 Å². The van der Waals surface area contributed by atoms with Gasteiger partial charge in [-0.1, -0.05) is 0 Å². The van der Waals surface area contributed by atoms with Crippen LogP contribution in [0.15, 0.2) is 29.3 Å². The minimum absolute atomic E-state index is 0.113. The van der Waals surface area contributed by atoms with Crippen LogP contribution in [0.5, 0.6) is 5.75 Å². The molecule has 0 bridgehead atoms. The normalized spacial score (nSPS) is 27.3. The summed E-state index contributed by atoms with van der Waals surface area (Å²) in [5, 5.41) is 0. The van der Waals surface area contributed by atoms with Crippen molar-refractivity contribution in [2.75, 3.05) is 13.7 Å². The fourth-order valence-corrected chi connectivity index (χ4v) is 3.89. The van der Waals surface area contributed by atoms with Gasteiger partial charge < -0.3 is 15.2 Å². The number of guanidine groups is 1. The first-order valence-electron chi connectivity index (χ1n) is 8.63. The molecule has 2 N–H and O–H groups in total. The number of ether oxygens (including phenoxy) is 2. The van der Waals surface area contributed by atoms with Crippen LogP contribution in [0.1, 0.15) is 44.2 Å². The van der Waals surface area contributed by atoms with E-state index >= 15 is 0 Å². The molecule has 3 aliphatic rings. The maximum absolute atomic E-state index is 13.1. The van der Waals surface area contributed by atoms with Gasteiger partial charge >= 0.3 is 0 Å². The first kappa shape index (κ1) is 16.0. The van der Waals surface area contributed by atoms with Crippen LogP contribution in [0, 0.1) is 0 Å². The molecule has 4 rings (SSSR count). The molecule has 1 spiro atoms. The van der Waals surface area contributed by atoms with Gasteiger partial charge in [-0.3, -0.25) is 9.69 Å². The molecular formula is C19H23N3O3. The van der Waals surface area contributed by atoms with E-state index in [2.05, 4.69) is 11.1 Å². The Labute approximate surface area is 147 Å². The number of nitrogens with zero attached hydrogens (tertiary/aromatic N) is 2. The topological polar surface area (TPSA) is 77.2 Å². The highest BCUT2D eigenvalue weighted by Gasteiger charge is 2.55. The summed E-state index contributed by atoms with van der Waals surface area (Å²) in [6.07, 6.45) is 4.56. The molecule has 1 aromatic carbocycles. The van der Waals surface area contributed by atoms with E-state index in [4.69, 9.17) is 15.2 Å². The van der Waals surface area contributed by atoms with E-state index in [-0.39, 0.29) is 11.9 Å². The molecule has 0 aromatic heterocycles. The van der Waals surface area contributed by atoms with Crippen molar-refractivity contribution in [3.8, 4) is 5.75 Å². The highest BCUT2D eigenvalue weighted by atomic mass is 16.5. The molecule has 6 nitrogen and oxygen atoms in total. The van der Waals surface area contributed by atoms with Gasteiger partial charge in [-0.25, -0.2) is 4.99 Å². The molecule has 0 saturated carbocycles. The number of likely N-dealkylation sites (N-methyl/N-ethyl adjacent to an activating group) is 1. The smallest absolute Gasteiger partial charge is 0.261 e. The quantitative estimate of drug-likeness (QED) is 0.851. The number of hydrogen-bond acceptors (Lipinski definition) is 5.